The molecular formula is C15H21NO2. The second-order valence-electron chi connectivity index (χ2n) is 5.62. The normalized spacial score (nSPS) is 33.9. The minimum atomic E-state index is 0.164. The summed E-state index contributed by atoms with van der Waals surface area (Å²) >= 11 is 0. The summed E-state index contributed by atoms with van der Waals surface area (Å²) in [6, 6.07) is 8.33. The van der Waals surface area contributed by atoms with Gasteiger partial charge in [-0.3, -0.25) is 0 Å². The Bertz CT molecular complexity index is 417. The Morgan fingerprint density at radius 1 is 1.33 bits per heavy atom. The highest BCUT2D eigenvalue weighted by Crippen LogP contribution is 2.49. The SMILES string of the molecule is COc1ccc(CC2(CN)CC3CCC2O3)cc1. The molecule has 2 aliphatic heterocycles. The summed E-state index contributed by atoms with van der Waals surface area (Å²) in [4.78, 5) is 0. The fourth-order valence-electron chi connectivity index (χ4n) is 3.51. The molecule has 0 saturated carbocycles. The highest BCUT2D eigenvalue weighted by atomic mass is 16.5. The molecule has 3 nitrogen and oxygen atoms in total. The predicted octanol–water partition coefficient (Wildman–Crippen LogP) is 2.13. The number of benzene rings is 1. The van der Waals surface area contributed by atoms with Crippen LogP contribution in [0.25, 0.3) is 0 Å². The number of hydrogen-bond donors (Lipinski definition) is 1. The summed E-state index contributed by atoms with van der Waals surface area (Å²) in [5.41, 5.74) is 7.55. The first kappa shape index (κ1) is 12.0. The van der Waals surface area contributed by atoms with Crippen LogP contribution < -0.4 is 10.5 Å². The van der Waals surface area contributed by atoms with Crippen molar-refractivity contribution in [2.75, 3.05) is 13.7 Å². The first-order valence-corrected chi connectivity index (χ1v) is 6.74. The van der Waals surface area contributed by atoms with Gasteiger partial charge in [-0.1, -0.05) is 12.1 Å². The van der Waals surface area contributed by atoms with Crippen LogP contribution in [0.3, 0.4) is 0 Å². The van der Waals surface area contributed by atoms with E-state index in [1.54, 1.807) is 7.11 Å². The summed E-state index contributed by atoms with van der Waals surface area (Å²) in [6.45, 7) is 0.722. The number of hydrogen-bond acceptors (Lipinski definition) is 3. The van der Waals surface area contributed by atoms with Gasteiger partial charge in [0.05, 0.1) is 19.3 Å². The van der Waals surface area contributed by atoms with E-state index >= 15 is 0 Å². The molecule has 0 aliphatic carbocycles. The standard InChI is InChI=1S/C15H21NO2/c1-17-12-4-2-11(3-5-12)8-15(10-16)9-13-6-7-14(15)18-13/h2-5,13-14H,6-10,16H2,1H3. The molecule has 3 rings (SSSR count). The third-order valence-corrected chi connectivity index (χ3v) is 4.55. The quantitative estimate of drug-likeness (QED) is 0.886. The topological polar surface area (TPSA) is 44.5 Å². The van der Waals surface area contributed by atoms with Gasteiger partial charge in [0.2, 0.25) is 0 Å². The number of nitrogens with two attached hydrogens (primary N) is 1. The minimum absolute atomic E-state index is 0.164. The zero-order valence-electron chi connectivity index (χ0n) is 10.9. The maximum atomic E-state index is 6.05. The van der Waals surface area contributed by atoms with Gasteiger partial charge in [-0.05, 0) is 43.4 Å². The molecule has 3 unspecified atom stereocenters. The van der Waals surface area contributed by atoms with Gasteiger partial charge < -0.3 is 15.2 Å². The van der Waals surface area contributed by atoms with Crippen LogP contribution in [-0.4, -0.2) is 25.9 Å². The van der Waals surface area contributed by atoms with E-state index in [1.165, 1.54) is 18.4 Å². The molecule has 2 saturated heterocycles. The van der Waals surface area contributed by atoms with Gasteiger partial charge in [-0.15, -0.1) is 0 Å². The molecule has 2 heterocycles. The zero-order chi connectivity index (χ0) is 12.6. The lowest BCUT2D eigenvalue weighted by molar-refractivity contribution is 0.0636. The first-order valence-electron chi connectivity index (χ1n) is 6.74. The second-order valence-corrected chi connectivity index (χ2v) is 5.62. The van der Waals surface area contributed by atoms with E-state index in [0.717, 1.165) is 25.1 Å². The molecule has 1 aromatic carbocycles. The number of ether oxygens (including phenoxy) is 2. The third kappa shape index (κ3) is 1.91. The highest BCUT2D eigenvalue weighted by molar-refractivity contribution is 5.28. The molecular weight excluding hydrogens is 226 g/mol. The summed E-state index contributed by atoms with van der Waals surface area (Å²) < 4.78 is 11.2. The molecule has 2 bridgehead atoms. The molecule has 98 valence electrons. The first-order chi connectivity index (χ1) is 8.75. The number of fused-ring (bicyclic) bond motifs is 2. The van der Waals surface area contributed by atoms with E-state index in [0.29, 0.717) is 12.2 Å². The van der Waals surface area contributed by atoms with Crippen LogP contribution in [0.4, 0.5) is 0 Å². The maximum absolute atomic E-state index is 6.05. The van der Waals surface area contributed by atoms with Crippen LogP contribution in [0.5, 0.6) is 5.75 Å². The molecule has 0 amide bonds. The lowest BCUT2D eigenvalue weighted by atomic mass is 9.70. The Morgan fingerprint density at radius 3 is 2.61 bits per heavy atom. The molecule has 0 radical (unpaired) electrons. The Kier molecular flexibility index (Phi) is 3.04. The average molecular weight is 247 g/mol. The van der Waals surface area contributed by atoms with Crippen molar-refractivity contribution in [1.82, 2.24) is 0 Å². The largest absolute Gasteiger partial charge is 0.497 e. The van der Waals surface area contributed by atoms with Crippen LogP contribution in [0.1, 0.15) is 24.8 Å². The van der Waals surface area contributed by atoms with Crippen LogP contribution in [0.2, 0.25) is 0 Å². The van der Waals surface area contributed by atoms with Crippen molar-refractivity contribution in [3.05, 3.63) is 29.8 Å². The molecule has 18 heavy (non-hydrogen) atoms. The van der Waals surface area contributed by atoms with E-state index in [4.69, 9.17) is 15.2 Å². The van der Waals surface area contributed by atoms with Crippen molar-refractivity contribution >= 4 is 0 Å². The van der Waals surface area contributed by atoms with Crippen molar-refractivity contribution < 1.29 is 9.47 Å². The Hall–Kier alpha value is -1.06. The lowest BCUT2D eigenvalue weighted by Crippen LogP contribution is -2.41. The highest BCUT2D eigenvalue weighted by Gasteiger charge is 2.51. The van der Waals surface area contributed by atoms with Crippen LogP contribution in [0.15, 0.2) is 24.3 Å². The molecule has 0 spiro atoms. The smallest absolute Gasteiger partial charge is 0.118 e. The Labute approximate surface area is 108 Å². The van der Waals surface area contributed by atoms with Gasteiger partial charge in [-0.25, -0.2) is 0 Å². The van der Waals surface area contributed by atoms with Crippen LogP contribution in [0, 0.1) is 5.41 Å². The summed E-state index contributed by atoms with van der Waals surface area (Å²) in [5, 5.41) is 0. The fourth-order valence-corrected chi connectivity index (χ4v) is 3.51. The van der Waals surface area contributed by atoms with Crippen LogP contribution in [-0.2, 0) is 11.2 Å². The van der Waals surface area contributed by atoms with Crippen molar-refractivity contribution in [2.45, 2.75) is 37.9 Å². The minimum Gasteiger partial charge on any atom is -0.497 e. The van der Waals surface area contributed by atoms with Gasteiger partial charge in [0, 0.05) is 12.0 Å². The van der Waals surface area contributed by atoms with E-state index in [-0.39, 0.29) is 5.41 Å². The third-order valence-electron chi connectivity index (χ3n) is 4.55. The van der Waals surface area contributed by atoms with Gasteiger partial charge in [0.25, 0.3) is 0 Å². The van der Waals surface area contributed by atoms with Crippen molar-refractivity contribution in [3.8, 4) is 5.75 Å². The second kappa shape index (κ2) is 4.56. The van der Waals surface area contributed by atoms with Crippen LogP contribution >= 0.6 is 0 Å². The van der Waals surface area contributed by atoms with Crippen molar-refractivity contribution in [2.24, 2.45) is 11.1 Å². The van der Waals surface area contributed by atoms with Gasteiger partial charge in [-0.2, -0.15) is 0 Å². The Balaban J connectivity index is 1.77. The molecule has 3 atom stereocenters. The van der Waals surface area contributed by atoms with Gasteiger partial charge in [0.15, 0.2) is 0 Å². The number of methoxy groups -OCH3 is 1. The van der Waals surface area contributed by atoms with E-state index in [2.05, 4.69) is 12.1 Å². The maximum Gasteiger partial charge on any atom is 0.118 e. The van der Waals surface area contributed by atoms with Gasteiger partial charge >= 0.3 is 0 Å². The zero-order valence-corrected chi connectivity index (χ0v) is 10.9. The average Bonchev–Trinajstić information content (AvgIpc) is 3.00. The van der Waals surface area contributed by atoms with E-state index in [9.17, 15) is 0 Å². The van der Waals surface area contributed by atoms with Gasteiger partial charge in [0.1, 0.15) is 5.75 Å². The monoisotopic (exact) mass is 247 g/mol. The summed E-state index contributed by atoms with van der Waals surface area (Å²) in [6.07, 6.45) is 5.37. The molecule has 0 aromatic heterocycles. The summed E-state index contributed by atoms with van der Waals surface area (Å²) in [7, 11) is 1.69. The molecule has 2 N–H and O–H groups in total. The van der Waals surface area contributed by atoms with E-state index in [1.807, 2.05) is 12.1 Å². The summed E-state index contributed by atoms with van der Waals surface area (Å²) in [5.74, 6) is 0.907. The molecule has 2 fully saturated rings. The molecule has 3 heteroatoms. The van der Waals surface area contributed by atoms with Crippen molar-refractivity contribution in [1.29, 1.82) is 0 Å². The number of rotatable bonds is 4. The Morgan fingerprint density at radius 2 is 2.11 bits per heavy atom. The fraction of sp³-hybridized carbons (Fsp3) is 0.600. The van der Waals surface area contributed by atoms with Crippen molar-refractivity contribution in [3.63, 3.8) is 0 Å². The molecule has 1 aromatic rings. The van der Waals surface area contributed by atoms with E-state index < -0.39 is 0 Å². The molecule has 2 aliphatic rings. The predicted molar refractivity (Wildman–Crippen MR) is 70.7 cm³/mol. The lowest BCUT2D eigenvalue weighted by Gasteiger charge is -2.34.